The molecular formula is C15H17ClN6OS. The van der Waals surface area contributed by atoms with E-state index in [4.69, 9.17) is 16.9 Å². The second-order valence-corrected chi connectivity index (χ2v) is 7.29. The van der Waals surface area contributed by atoms with Gasteiger partial charge in [-0.1, -0.05) is 29.2 Å². The highest BCUT2D eigenvalue weighted by atomic mass is 35.5. The molecule has 2 aromatic rings. The van der Waals surface area contributed by atoms with Crippen molar-refractivity contribution in [3.05, 3.63) is 35.9 Å². The maximum atomic E-state index is 12.6. The lowest BCUT2D eigenvalue weighted by Gasteiger charge is -2.20. The topological polar surface area (TPSA) is 87.2 Å². The summed E-state index contributed by atoms with van der Waals surface area (Å²) in [6.07, 6.45) is 8.62. The summed E-state index contributed by atoms with van der Waals surface area (Å²) < 4.78 is 5.33. The normalized spacial score (nSPS) is 13.3. The van der Waals surface area contributed by atoms with Gasteiger partial charge < -0.3 is 4.90 Å². The Morgan fingerprint density at radius 1 is 1.62 bits per heavy atom. The van der Waals surface area contributed by atoms with E-state index in [2.05, 4.69) is 14.4 Å². The number of nitrogens with zero attached hydrogens (tertiary/aromatic N) is 6. The lowest BCUT2D eigenvalue weighted by molar-refractivity contribution is -0.120. The van der Waals surface area contributed by atoms with E-state index >= 15 is 0 Å². The number of hydrogen-bond acceptors (Lipinski definition) is 5. The minimum atomic E-state index is -0.469. The van der Waals surface area contributed by atoms with Gasteiger partial charge in [-0.25, -0.2) is 4.68 Å². The molecule has 0 aliphatic rings. The second-order valence-electron chi connectivity index (χ2n) is 5.22. The third kappa shape index (κ3) is 4.19. The van der Waals surface area contributed by atoms with Crippen LogP contribution in [-0.2, 0) is 15.5 Å². The first-order valence-electron chi connectivity index (χ1n) is 7.09. The van der Waals surface area contributed by atoms with Gasteiger partial charge in [-0.05, 0) is 18.4 Å². The lowest BCUT2D eigenvalue weighted by Crippen LogP contribution is -2.33. The van der Waals surface area contributed by atoms with Gasteiger partial charge in [0.1, 0.15) is 5.69 Å². The number of amides is 1. The van der Waals surface area contributed by atoms with Crippen molar-refractivity contribution in [3.63, 3.8) is 0 Å². The van der Waals surface area contributed by atoms with E-state index in [1.807, 2.05) is 19.2 Å². The molecule has 24 heavy (non-hydrogen) atoms. The average Bonchev–Trinajstić information content (AvgIpc) is 2.96. The van der Waals surface area contributed by atoms with Crippen molar-refractivity contribution in [1.82, 2.24) is 14.8 Å². The molecule has 1 amide bonds. The van der Waals surface area contributed by atoms with Crippen molar-refractivity contribution in [2.24, 2.45) is 10.3 Å². The molecule has 0 fully saturated rings. The summed E-state index contributed by atoms with van der Waals surface area (Å²) in [6, 6.07) is 3.64. The lowest BCUT2D eigenvalue weighted by atomic mass is 10.2. The first kappa shape index (κ1) is 18.1. The Bertz CT molecular complexity index is 798. The standard InChI is InChI=1S/C15H17ClN6OS/c1-11(9-24(3)19-10-17)15(23)21(2)13-8-22(20-14(13)16)12-5-4-6-18-7-12/h4-8,11H,9H2,1-3H3. The molecule has 0 aliphatic carbocycles. The molecule has 0 saturated carbocycles. The first-order valence-corrected chi connectivity index (χ1v) is 9.23. The summed E-state index contributed by atoms with van der Waals surface area (Å²) in [5, 5.41) is 13.0. The third-order valence-corrected chi connectivity index (χ3v) is 5.01. The van der Waals surface area contributed by atoms with Crippen LogP contribution in [0.25, 0.3) is 5.69 Å². The van der Waals surface area contributed by atoms with Gasteiger partial charge in [0, 0.05) is 24.9 Å². The van der Waals surface area contributed by atoms with Gasteiger partial charge in [0.25, 0.3) is 0 Å². The van der Waals surface area contributed by atoms with Crippen molar-refractivity contribution in [2.45, 2.75) is 6.92 Å². The molecule has 0 N–H and O–H groups in total. The molecule has 126 valence electrons. The summed E-state index contributed by atoms with van der Waals surface area (Å²) in [5.74, 6) is 0.138. The van der Waals surface area contributed by atoms with E-state index in [9.17, 15) is 4.79 Å². The van der Waals surface area contributed by atoms with Crippen LogP contribution in [0.4, 0.5) is 5.69 Å². The molecule has 0 aliphatic heterocycles. The van der Waals surface area contributed by atoms with Gasteiger partial charge in [0.15, 0.2) is 5.15 Å². The number of rotatable bonds is 5. The number of carbonyl (C=O) groups excluding carboxylic acids is 1. The van der Waals surface area contributed by atoms with Crippen LogP contribution in [0.2, 0.25) is 5.15 Å². The van der Waals surface area contributed by atoms with Crippen molar-refractivity contribution < 1.29 is 4.79 Å². The smallest absolute Gasteiger partial charge is 0.230 e. The summed E-state index contributed by atoms with van der Waals surface area (Å²) in [5.41, 5.74) is 1.27. The van der Waals surface area contributed by atoms with Crippen LogP contribution in [0, 0.1) is 17.4 Å². The van der Waals surface area contributed by atoms with Crippen LogP contribution >= 0.6 is 11.6 Å². The number of carbonyl (C=O) groups is 1. The Morgan fingerprint density at radius 2 is 2.38 bits per heavy atom. The minimum Gasteiger partial charge on any atom is -0.311 e. The highest BCUT2D eigenvalue weighted by Gasteiger charge is 2.23. The molecule has 0 saturated heterocycles. The summed E-state index contributed by atoms with van der Waals surface area (Å²) in [7, 11) is 1.19. The molecule has 2 atom stereocenters. The zero-order chi connectivity index (χ0) is 17.7. The van der Waals surface area contributed by atoms with Crippen LogP contribution in [0.1, 0.15) is 6.92 Å². The van der Waals surface area contributed by atoms with E-state index in [0.717, 1.165) is 5.69 Å². The number of pyridine rings is 1. The first-order chi connectivity index (χ1) is 11.4. The molecule has 0 radical (unpaired) electrons. The predicted molar refractivity (Wildman–Crippen MR) is 95.1 cm³/mol. The number of anilines is 1. The van der Waals surface area contributed by atoms with E-state index < -0.39 is 10.7 Å². The zero-order valence-corrected chi connectivity index (χ0v) is 15.1. The van der Waals surface area contributed by atoms with Gasteiger partial charge in [0.05, 0.1) is 18.1 Å². The third-order valence-electron chi connectivity index (χ3n) is 3.36. The summed E-state index contributed by atoms with van der Waals surface area (Å²) in [4.78, 5) is 18.1. The molecule has 2 unspecified atom stereocenters. The van der Waals surface area contributed by atoms with Gasteiger partial charge in [-0.15, -0.1) is 0 Å². The van der Waals surface area contributed by atoms with Crippen molar-refractivity contribution in [2.75, 3.05) is 24.0 Å². The van der Waals surface area contributed by atoms with Crippen LogP contribution in [-0.4, -0.2) is 39.7 Å². The summed E-state index contributed by atoms with van der Waals surface area (Å²) in [6.45, 7) is 1.81. The van der Waals surface area contributed by atoms with E-state index in [0.29, 0.717) is 11.4 Å². The van der Waals surface area contributed by atoms with Gasteiger partial charge >= 0.3 is 0 Å². The van der Waals surface area contributed by atoms with Crippen LogP contribution in [0.3, 0.4) is 0 Å². The van der Waals surface area contributed by atoms with E-state index in [1.165, 1.54) is 4.90 Å². The molecule has 9 heteroatoms. The SMILES string of the molecule is CC(CS(C)=NC#N)C(=O)N(C)c1cn(-c2cccnc2)nc1Cl. The number of hydrogen-bond donors (Lipinski definition) is 0. The highest BCUT2D eigenvalue weighted by Crippen LogP contribution is 2.26. The fourth-order valence-corrected chi connectivity index (χ4v) is 3.52. The molecule has 0 spiro atoms. The number of nitriles is 1. The minimum absolute atomic E-state index is 0.102. The van der Waals surface area contributed by atoms with Crippen molar-refractivity contribution in [3.8, 4) is 11.9 Å². The fraction of sp³-hybridized carbons (Fsp3) is 0.333. The molecule has 2 aromatic heterocycles. The van der Waals surface area contributed by atoms with E-state index in [-0.39, 0.29) is 17.0 Å². The van der Waals surface area contributed by atoms with Crippen molar-refractivity contribution in [1.29, 1.82) is 5.26 Å². The quantitative estimate of drug-likeness (QED) is 0.762. The molecule has 2 heterocycles. The Balaban J connectivity index is 2.19. The highest BCUT2D eigenvalue weighted by molar-refractivity contribution is 7.86. The van der Waals surface area contributed by atoms with Crippen LogP contribution in [0.15, 0.2) is 35.1 Å². The van der Waals surface area contributed by atoms with E-state index in [1.54, 1.807) is 42.6 Å². The predicted octanol–water partition coefficient (Wildman–Crippen LogP) is 2.43. The molecule has 0 bridgehead atoms. The van der Waals surface area contributed by atoms with Crippen molar-refractivity contribution >= 4 is 33.9 Å². The Morgan fingerprint density at radius 3 is 3.00 bits per heavy atom. The van der Waals surface area contributed by atoms with Crippen LogP contribution < -0.4 is 4.90 Å². The monoisotopic (exact) mass is 364 g/mol. The molecule has 0 aromatic carbocycles. The average molecular weight is 365 g/mol. The fourth-order valence-electron chi connectivity index (χ4n) is 2.18. The summed E-state index contributed by atoms with van der Waals surface area (Å²) >= 11 is 6.19. The molecular weight excluding hydrogens is 348 g/mol. The molecule has 7 nitrogen and oxygen atoms in total. The Kier molecular flexibility index (Phi) is 6.06. The maximum Gasteiger partial charge on any atom is 0.230 e. The largest absolute Gasteiger partial charge is 0.311 e. The van der Waals surface area contributed by atoms with Gasteiger partial charge in [-0.3, -0.25) is 9.78 Å². The van der Waals surface area contributed by atoms with Gasteiger partial charge in [0.2, 0.25) is 12.1 Å². The Labute approximate surface area is 148 Å². The number of halogens is 1. The second kappa shape index (κ2) is 8.04. The van der Waals surface area contributed by atoms with Crippen LogP contribution in [0.5, 0.6) is 0 Å². The maximum absolute atomic E-state index is 12.6. The Hall–Kier alpha value is -2.24. The van der Waals surface area contributed by atoms with Gasteiger partial charge in [-0.2, -0.15) is 14.7 Å². The zero-order valence-electron chi connectivity index (χ0n) is 13.5. The number of aromatic nitrogens is 3. The molecule has 2 rings (SSSR count).